The second-order valence-electron chi connectivity index (χ2n) is 5.29. The van der Waals surface area contributed by atoms with Gasteiger partial charge in [-0.25, -0.2) is 4.68 Å². The molecule has 4 rings (SSSR count). The minimum Gasteiger partial charge on any atom is -0.398 e. The molecule has 1 fully saturated rings. The average Bonchev–Trinajstić information content (AvgIpc) is 3.18. The second kappa shape index (κ2) is 5.03. The van der Waals surface area contributed by atoms with Gasteiger partial charge in [-0.05, 0) is 47.2 Å². The average molecular weight is 301 g/mol. The van der Waals surface area contributed by atoms with Crippen molar-refractivity contribution in [3.8, 4) is 0 Å². The molecule has 0 aliphatic heterocycles. The molecule has 0 amide bonds. The molecule has 2 heterocycles. The summed E-state index contributed by atoms with van der Waals surface area (Å²) in [6.45, 7) is 0. The second-order valence-corrected chi connectivity index (χ2v) is 6.30. The summed E-state index contributed by atoms with van der Waals surface area (Å²) < 4.78 is 1.94. The van der Waals surface area contributed by atoms with E-state index in [0.717, 1.165) is 39.5 Å². The zero-order chi connectivity index (χ0) is 14.2. The molecule has 0 radical (unpaired) electrons. The Hall–Kier alpha value is -2.09. The SMILES string of the molecule is Nc1cc2cn[nH]c2cc1Sc1nnnn1C1CCCC1. The molecule has 1 aromatic carbocycles. The van der Waals surface area contributed by atoms with E-state index < -0.39 is 0 Å². The largest absolute Gasteiger partial charge is 0.398 e. The van der Waals surface area contributed by atoms with Crippen molar-refractivity contribution in [3.63, 3.8) is 0 Å². The standard InChI is InChI=1S/C13H15N7S/c14-10-5-8-7-15-16-11(8)6-12(10)21-13-17-18-19-20(13)9-3-1-2-4-9/h5-7,9H,1-4,14H2,(H,15,16). The Bertz CT molecular complexity index is 772. The fourth-order valence-corrected chi connectivity index (χ4v) is 3.71. The number of tetrazole rings is 1. The highest BCUT2D eigenvalue weighted by Crippen LogP contribution is 2.36. The molecular weight excluding hydrogens is 286 g/mol. The quantitative estimate of drug-likeness (QED) is 0.721. The molecule has 0 unspecified atom stereocenters. The molecular formula is C13H15N7S. The van der Waals surface area contributed by atoms with E-state index in [9.17, 15) is 0 Å². The van der Waals surface area contributed by atoms with Crippen molar-refractivity contribution in [2.75, 3.05) is 5.73 Å². The van der Waals surface area contributed by atoms with E-state index >= 15 is 0 Å². The molecule has 3 N–H and O–H groups in total. The summed E-state index contributed by atoms with van der Waals surface area (Å²) in [6.07, 6.45) is 6.55. The molecule has 0 saturated heterocycles. The number of hydrogen-bond donors (Lipinski definition) is 2. The summed E-state index contributed by atoms with van der Waals surface area (Å²) in [5.41, 5.74) is 7.81. The molecule has 1 saturated carbocycles. The molecule has 0 spiro atoms. The lowest BCUT2D eigenvalue weighted by molar-refractivity contribution is 0.423. The Kier molecular flexibility index (Phi) is 3.03. The third kappa shape index (κ3) is 2.25. The Balaban J connectivity index is 1.68. The summed E-state index contributed by atoms with van der Waals surface area (Å²) in [6, 6.07) is 4.33. The number of nitrogens with two attached hydrogens (primary N) is 1. The van der Waals surface area contributed by atoms with E-state index in [1.807, 2.05) is 16.8 Å². The maximum Gasteiger partial charge on any atom is 0.214 e. The summed E-state index contributed by atoms with van der Waals surface area (Å²) in [5.74, 6) is 0. The highest BCUT2D eigenvalue weighted by atomic mass is 32.2. The van der Waals surface area contributed by atoms with E-state index in [-0.39, 0.29) is 0 Å². The molecule has 1 aliphatic carbocycles. The van der Waals surface area contributed by atoms with Crippen LogP contribution in [0.1, 0.15) is 31.7 Å². The Morgan fingerprint density at radius 3 is 3.00 bits per heavy atom. The number of fused-ring (bicyclic) bond motifs is 1. The number of aromatic amines is 1. The van der Waals surface area contributed by atoms with Gasteiger partial charge in [0.25, 0.3) is 0 Å². The smallest absolute Gasteiger partial charge is 0.214 e. The highest BCUT2D eigenvalue weighted by molar-refractivity contribution is 7.99. The maximum absolute atomic E-state index is 6.13. The number of nitrogens with one attached hydrogen (secondary N) is 1. The zero-order valence-electron chi connectivity index (χ0n) is 11.4. The predicted molar refractivity (Wildman–Crippen MR) is 80.0 cm³/mol. The predicted octanol–water partition coefficient (Wildman–Crippen LogP) is 2.40. The van der Waals surface area contributed by atoms with Crippen LogP contribution in [0.4, 0.5) is 5.69 Å². The fraction of sp³-hybridized carbons (Fsp3) is 0.385. The van der Waals surface area contributed by atoms with Gasteiger partial charge in [-0.2, -0.15) is 5.10 Å². The van der Waals surface area contributed by atoms with Crippen LogP contribution < -0.4 is 5.73 Å². The van der Waals surface area contributed by atoms with Crippen LogP contribution in [-0.2, 0) is 0 Å². The topological polar surface area (TPSA) is 98.3 Å². The number of anilines is 1. The molecule has 0 bridgehead atoms. The normalized spacial score (nSPS) is 16.0. The zero-order valence-corrected chi connectivity index (χ0v) is 12.2. The van der Waals surface area contributed by atoms with Crippen LogP contribution in [0.25, 0.3) is 10.9 Å². The van der Waals surface area contributed by atoms with Crippen molar-refractivity contribution in [1.29, 1.82) is 0 Å². The van der Waals surface area contributed by atoms with E-state index in [4.69, 9.17) is 5.73 Å². The Morgan fingerprint density at radius 1 is 1.29 bits per heavy atom. The summed E-state index contributed by atoms with van der Waals surface area (Å²) in [7, 11) is 0. The number of nitrogen functional groups attached to an aromatic ring is 1. The number of benzene rings is 1. The van der Waals surface area contributed by atoms with Crippen LogP contribution in [0.2, 0.25) is 0 Å². The highest BCUT2D eigenvalue weighted by Gasteiger charge is 2.22. The minimum atomic E-state index is 0.416. The number of aromatic nitrogens is 6. The minimum absolute atomic E-state index is 0.416. The Morgan fingerprint density at radius 2 is 2.14 bits per heavy atom. The van der Waals surface area contributed by atoms with E-state index in [2.05, 4.69) is 25.7 Å². The number of rotatable bonds is 3. The lowest BCUT2D eigenvalue weighted by atomic mass is 10.2. The summed E-state index contributed by atoms with van der Waals surface area (Å²) in [4.78, 5) is 0.945. The number of nitrogens with zero attached hydrogens (tertiary/aromatic N) is 5. The molecule has 108 valence electrons. The first-order chi connectivity index (χ1) is 10.3. The van der Waals surface area contributed by atoms with Crippen molar-refractivity contribution >= 4 is 28.4 Å². The van der Waals surface area contributed by atoms with Gasteiger partial charge in [0.2, 0.25) is 5.16 Å². The van der Waals surface area contributed by atoms with Gasteiger partial charge >= 0.3 is 0 Å². The summed E-state index contributed by atoms with van der Waals surface area (Å²) >= 11 is 1.51. The molecule has 2 aromatic heterocycles. The van der Waals surface area contributed by atoms with Crippen molar-refractivity contribution in [2.24, 2.45) is 0 Å². The third-order valence-electron chi connectivity index (χ3n) is 3.91. The van der Waals surface area contributed by atoms with Crippen molar-refractivity contribution in [3.05, 3.63) is 18.3 Å². The monoisotopic (exact) mass is 301 g/mol. The van der Waals surface area contributed by atoms with E-state index in [1.54, 1.807) is 6.20 Å². The number of H-pyrrole nitrogens is 1. The molecule has 7 nitrogen and oxygen atoms in total. The van der Waals surface area contributed by atoms with Crippen LogP contribution in [-0.4, -0.2) is 30.4 Å². The van der Waals surface area contributed by atoms with Crippen LogP contribution >= 0.6 is 11.8 Å². The van der Waals surface area contributed by atoms with E-state index in [1.165, 1.54) is 24.6 Å². The maximum atomic E-state index is 6.13. The van der Waals surface area contributed by atoms with Gasteiger partial charge < -0.3 is 5.73 Å². The van der Waals surface area contributed by atoms with Crippen LogP contribution in [0.5, 0.6) is 0 Å². The van der Waals surface area contributed by atoms with Crippen molar-refractivity contribution in [1.82, 2.24) is 30.4 Å². The van der Waals surface area contributed by atoms with Gasteiger partial charge in [-0.15, -0.1) is 5.10 Å². The van der Waals surface area contributed by atoms with Crippen LogP contribution in [0.3, 0.4) is 0 Å². The molecule has 3 aromatic rings. The first-order valence-electron chi connectivity index (χ1n) is 6.99. The van der Waals surface area contributed by atoms with Gasteiger partial charge in [0.05, 0.1) is 17.8 Å². The molecule has 8 heteroatoms. The van der Waals surface area contributed by atoms with Crippen molar-refractivity contribution < 1.29 is 0 Å². The van der Waals surface area contributed by atoms with Crippen molar-refractivity contribution in [2.45, 2.75) is 41.8 Å². The van der Waals surface area contributed by atoms with Crippen LogP contribution in [0.15, 0.2) is 28.4 Å². The summed E-state index contributed by atoms with van der Waals surface area (Å²) in [5, 5.41) is 20.9. The van der Waals surface area contributed by atoms with Crippen LogP contribution in [0, 0.1) is 0 Å². The molecule has 21 heavy (non-hydrogen) atoms. The van der Waals surface area contributed by atoms with Gasteiger partial charge in [0.1, 0.15) is 0 Å². The first-order valence-corrected chi connectivity index (χ1v) is 7.81. The van der Waals surface area contributed by atoms with Gasteiger partial charge in [-0.1, -0.05) is 12.8 Å². The van der Waals surface area contributed by atoms with Gasteiger partial charge in [-0.3, -0.25) is 5.10 Å². The first kappa shape index (κ1) is 12.6. The molecule has 1 aliphatic rings. The van der Waals surface area contributed by atoms with Gasteiger partial charge in [0.15, 0.2) is 0 Å². The van der Waals surface area contributed by atoms with E-state index in [0.29, 0.717) is 6.04 Å². The van der Waals surface area contributed by atoms with Gasteiger partial charge in [0, 0.05) is 16.0 Å². The Labute approximate surface area is 125 Å². The lowest BCUT2D eigenvalue weighted by Crippen LogP contribution is -2.08. The number of hydrogen-bond acceptors (Lipinski definition) is 6. The lowest BCUT2D eigenvalue weighted by Gasteiger charge is -2.11. The third-order valence-corrected chi connectivity index (χ3v) is 4.93. The molecule has 0 atom stereocenters. The fourth-order valence-electron chi connectivity index (χ4n) is 2.81.